The summed E-state index contributed by atoms with van der Waals surface area (Å²) in [6.07, 6.45) is -2.56. The maximum atomic E-state index is 12.4. The highest BCUT2D eigenvalue weighted by molar-refractivity contribution is 14.1. The Balaban J connectivity index is 2.52. The minimum Gasteiger partial charge on any atom is -0.367 e. The molecular formula is C8H7F4IN2O2. The van der Waals surface area contributed by atoms with E-state index in [0.29, 0.717) is 3.57 Å². The highest BCUT2D eigenvalue weighted by atomic mass is 127. The van der Waals surface area contributed by atoms with E-state index in [-0.39, 0.29) is 5.82 Å². The molecule has 1 aromatic rings. The Bertz CT molecular complexity index is 438. The number of nitrogens with zero attached hydrogens (tertiary/aromatic N) is 1. The third kappa shape index (κ3) is 4.22. The molecular weight excluding hydrogens is 359 g/mol. The van der Waals surface area contributed by atoms with Crippen LogP contribution in [0.1, 0.15) is 5.82 Å². The minimum atomic E-state index is -4.20. The molecule has 1 rings (SSSR count). The Hall–Kier alpha value is -0.710. The van der Waals surface area contributed by atoms with E-state index in [4.69, 9.17) is 0 Å². The van der Waals surface area contributed by atoms with E-state index in [9.17, 15) is 22.4 Å². The first-order valence-corrected chi connectivity index (χ1v) is 5.38. The lowest BCUT2D eigenvalue weighted by molar-refractivity contribution is -0.168. The second-order valence-corrected chi connectivity index (χ2v) is 4.22. The fraction of sp³-hybridized carbons (Fsp3) is 0.500. The summed E-state index contributed by atoms with van der Waals surface area (Å²) in [5.74, 6) is -4.20. The monoisotopic (exact) mass is 366 g/mol. The Kier molecular flexibility index (Phi) is 4.86. The van der Waals surface area contributed by atoms with E-state index in [1.807, 2.05) is 0 Å². The number of alkyl halides is 4. The summed E-state index contributed by atoms with van der Waals surface area (Å²) >= 11 is 1.73. The van der Waals surface area contributed by atoms with Gasteiger partial charge in [0.05, 0.1) is 3.57 Å². The number of ether oxygens (including phenoxy) is 1. The van der Waals surface area contributed by atoms with Crippen LogP contribution in [0.2, 0.25) is 0 Å². The van der Waals surface area contributed by atoms with Gasteiger partial charge in [0.25, 0.3) is 5.56 Å². The van der Waals surface area contributed by atoms with E-state index in [1.54, 1.807) is 22.6 Å². The number of aromatic amines is 1. The van der Waals surface area contributed by atoms with Crippen molar-refractivity contribution in [2.75, 3.05) is 6.61 Å². The van der Waals surface area contributed by atoms with Gasteiger partial charge in [-0.15, -0.1) is 0 Å². The fourth-order valence-electron chi connectivity index (χ4n) is 0.836. The second-order valence-electron chi connectivity index (χ2n) is 3.06. The van der Waals surface area contributed by atoms with Crippen LogP contribution in [-0.4, -0.2) is 28.9 Å². The molecule has 0 saturated carbocycles. The Morgan fingerprint density at radius 1 is 1.53 bits per heavy atom. The highest BCUT2D eigenvalue weighted by Gasteiger charge is 2.40. The minimum absolute atomic E-state index is 0.000447. The topological polar surface area (TPSA) is 55.0 Å². The summed E-state index contributed by atoms with van der Waals surface area (Å²) in [6.45, 7) is -1.89. The number of rotatable bonds is 5. The van der Waals surface area contributed by atoms with Gasteiger partial charge in [-0.25, -0.2) is 13.8 Å². The lowest BCUT2D eigenvalue weighted by Gasteiger charge is -2.14. The van der Waals surface area contributed by atoms with Crippen molar-refractivity contribution in [2.45, 2.75) is 19.0 Å². The van der Waals surface area contributed by atoms with Crippen LogP contribution in [0, 0.1) is 3.57 Å². The molecule has 1 N–H and O–H groups in total. The van der Waals surface area contributed by atoms with Crippen LogP contribution < -0.4 is 5.56 Å². The molecule has 1 heterocycles. The summed E-state index contributed by atoms with van der Waals surface area (Å²) in [7, 11) is 0. The van der Waals surface area contributed by atoms with Crippen molar-refractivity contribution in [1.29, 1.82) is 0 Å². The van der Waals surface area contributed by atoms with Crippen molar-refractivity contribution in [2.24, 2.45) is 0 Å². The van der Waals surface area contributed by atoms with Crippen LogP contribution in [0.5, 0.6) is 0 Å². The fourth-order valence-corrected chi connectivity index (χ4v) is 1.11. The molecule has 0 aliphatic heterocycles. The quantitative estimate of drug-likeness (QED) is 0.639. The van der Waals surface area contributed by atoms with Crippen LogP contribution in [-0.2, 0) is 11.3 Å². The van der Waals surface area contributed by atoms with Gasteiger partial charge >= 0.3 is 12.3 Å². The molecule has 0 aliphatic rings. The second kappa shape index (κ2) is 5.76. The van der Waals surface area contributed by atoms with Crippen molar-refractivity contribution in [3.05, 3.63) is 25.9 Å². The molecule has 96 valence electrons. The zero-order chi connectivity index (χ0) is 13.1. The zero-order valence-electron chi connectivity index (χ0n) is 8.22. The molecule has 0 aromatic carbocycles. The standard InChI is InChI=1S/C8H7F4IN2O2/c9-7(10)8(11,12)3-17-2-5-14-1-4(13)6(16)15-5/h1,7H,2-3H2,(H,14,15,16). The van der Waals surface area contributed by atoms with Crippen molar-refractivity contribution in [3.8, 4) is 0 Å². The summed E-state index contributed by atoms with van der Waals surface area (Å²) < 4.78 is 53.0. The lowest BCUT2D eigenvalue weighted by Crippen LogP contribution is -2.32. The van der Waals surface area contributed by atoms with Gasteiger partial charge in [0.1, 0.15) is 19.0 Å². The molecule has 0 fully saturated rings. The van der Waals surface area contributed by atoms with Crippen molar-refractivity contribution in [1.82, 2.24) is 9.97 Å². The molecule has 0 aliphatic carbocycles. The summed E-state index contributed by atoms with van der Waals surface area (Å²) in [4.78, 5) is 17.0. The first kappa shape index (κ1) is 14.4. The molecule has 0 saturated heterocycles. The molecule has 4 nitrogen and oxygen atoms in total. The van der Waals surface area contributed by atoms with Gasteiger partial charge in [0.15, 0.2) is 0 Å². The number of hydrogen-bond acceptors (Lipinski definition) is 3. The first-order chi connectivity index (χ1) is 7.83. The maximum absolute atomic E-state index is 12.4. The van der Waals surface area contributed by atoms with Gasteiger partial charge < -0.3 is 9.72 Å². The van der Waals surface area contributed by atoms with E-state index < -0.39 is 31.1 Å². The molecule has 0 bridgehead atoms. The van der Waals surface area contributed by atoms with Crippen molar-refractivity contribution >= 4 is 22.6 Å². The normalized spacial score (nSPS) is 12.1. The smallest absolute Gasteiger partial charge is 0.330 e. The SMILES string of the molecule is O=c1[nH]c(COCC(F)(F)C(F)F)ncc1I. The van der Waals surface area contributed by atoms with Gasteiger partial charge in [-0.2, -0.15) is 8.78 Å². The number of hydrogen-bond donors (Lipinski definition) is 1. The number of halogens is 5. The predicted molar refractivity (Wildman–Crippen MR) is 58.2 cm³/mol. The van der Waals surface area contributed by atoms with E-state index in [1.165, 1.54) is 6.20 Å². The third-order valence-corrected chi connectivity index (χ3v) is 2.43. The molecule has 0 radical (unpaired) electrons. The molecule has 17 heavy (non-hydrogen) atoms. The van der Waals surface area contributed by atoms with E-state index in [2.05, 4.69) is 14.7 Å². The summed E-state index contributed by atoms with van der Waals surface area (Å²) in [6, 6.07) is 0. The Labute approximate surface area is 107 Å². The Morgan fingerprint density at radius 2 is 2.18 bits per heavy atom. The molecule has 0 amide bonds. The van der Waals surface area contributed by atoms with Crippen LogP contribution in [0.4, 0.5) is 17.6 Å². The van der Waals surface area contributed by atoms with Crippen LogP contribution in [0.25, 0.3) is 0 Å². The van der Waals surface area contributed by atoms with Crippen LogP contribution in [0.15, 0.2) is 11.0 Å². The zero-order valence-corrected chi connectivity index (χ0v) is 10.4. The lowest BCUT2D eigenvalue weighted by atomic mass is 10.4. The largest absolute Gasteiger partial charge is 0.367 e. The maximum Gasteiger partial charge on any atom is 0.330 e. The van der Waals surface area contributed by atoms with Crippen molar-refractivity contribution < 1.29 is 22.3 Å². The molecule has 0 spiro atoms. The third-order valence-electron chi connectivity index (χ3n) is 1.66. The average Bonchev–Trinajstić information content (AvgIpc) is 2.23. The van der Waals surface area contributed by atoms with Crippen LogP contribution >= 0.6 is 22.6 Å². The summed E-state index contributed by atoms with van der Waals surface area (Å²) in [5, 5.41) is 0. The molecule has 1 aromatic heterocycles. The van der Waals surface area contributed by atoms with Gasteiger partial charge in [0, 0.05) is 6.20 Å². The first-order valence-electron chi connectivity index (χ1n) is 4.30. The predicted octanol–water partition coefficient (Wildman–Crippen LogP) is 1.79. The summed E-state index contributed by atoms with van der Waals surface area (Å²) in [5.41, 5.74) is -0.445. The highest BCUT2D eigenvalue weighted by Crippen LogP contribution is 2.22. The van der Waals surface area contributed by atoms with Gasteiger partial charge in [-0.3, -0.25) is 4.79 Å². The molecule has 9 heteroatoms. The van der Waals surface area contributed by atoms with E-state index in [0.717, 1.165) is 0 Å². The van der Waals surface area contributed by atoms with Gasteiger partial charge in [-0.05, 0) is 22.6 Å². The molecule has 0 atom stereocenters. The number of aromatic nitrogens is 2. The Morgan fingerprint density at radius 3 is 2.71 bits per heavy atom. The molecule has 0 unspecified atom stereocenters. The van der Waals surface area contributed by atoms with Gasteiger partial charge in [-0.1, -0.05) is 0 Å². The van der Waals surface area contributed by atoms with Crippen molar-refractivity contribution in [3.63, 3.8) is 0 Å². The van der Waals surface area contributed by atoms with Crippen LogP contribution in [0.3, 0.4) is 0 Å². The number of H-pyrrole nitrogens is 1. The average molecular weight is 366 g/mol. The number of nitrogens with one attached hydrogen (secondary N) is 1. The van der Waals surface area contributed by atoms with E-state index >= 15 is 0 Å². The van der Waals surface area contributed by atoms with Gasteiger partial charge in [0.2, 0.25) is 0 Å².